The van der Waals surface area contributed by atoms with Gasteiger partial charge in [0.2, 0.25) is 5.91 Å². The molecule has 59 nitrogen and oxygen atoms in total. The Labute approximate surface area is 713 Å². The number of carbonyl (C=O) groups is 4. The Kier molecular flexibility index (Phi) is 47.2. The molecule has 5 rings (SSSR count). The lowest BCUT2D eigenvalue weighted by molar-refractivity contribution is -0.388. The normalized spacial score (nSPS) is 31.3. The highest BCUT2D eigenvalue weighted by molar-refractivity contribution is 8.13. The van der Waals surface area contributed by atoms with Crippen LogP contribution in [-0.4, -0.2) is 458 Å². The molecular formula is C57H99NO58S8. The van der Waals surface area contributed by atoms with Crippen molar-refractivity contribution in [3.63, 3.8) is 0 Å². The molecule has 1 amide bonds. The number of hydrogen-bond acceptors (Lipinski definition) is 50. The van der Waals surface area contributed by atoms with Crippen molar-refractivity contribution in [3.05, 3.63) is 0 Å². The van der Waals surface area contributed by atoms with Crippen molar-refractivity contribution in [1.29, 1.82) is 0 Å². The minimum absolute atomic E-state index is 0.0147. The van der Waals surface area contributed by atoms with Crippen molar-refractivity contribution in [2.45, 2.75) is 160 Å². The Morgan fingerprint density at radius 3 is 0.944 bits per heavy atom. The molecule has 5 heterocycles. The molecule has 0 aromatic rings. The molecule has 5 fully saturated rings. The molecule has 25 atom stereocenters. The summed E-state index contributed by atoms with van der Waals surface area (Å²) in [6, 6.07) is 0. The van der Waals surface area contributed by atoms with E-state index < -0.39 is 264 Å². The fourth-order valence-electron chi connectivity index (χ4n) is 12.3. The lowest BCUT2D eigenvalue weighted by Crippen LogP contribution is -2.70. The second kappa shape index (κ2) is 52.7. The number of hydrogen-bond donors (Lipinski definition) is 10. The van der Waals surface area contributed by atoms with Crippen LogP contribution in [0.5, 0.6) is 0 Å². The minimum atomic E-state index is -6.25. The molecule has 5 aliphatic heterocycles. The van der Waals surface area contributed by atoms with Crippen LogP contribution in [0, 0.1) is 0 Å². The highest BCUT2D eigenvalue weighted by Crippen LogP contribution is 2.42. The smallest absolute Gasteiger partial charge is 0.397 e. The van der Waals surface area contributed by atoms with Crippen LogP contribution in [0.1, 0.15) is 6.92 Å². The summed E-state index contributed by atoms with van der Waals surface area (Å²) >= 11 is 1.17. The average molecular weight is 1980 g/mol. The first-order chi connectivity index (χ1) is 58.0. The van der Waals surface area contributed by atoms with Crippen LogP contribution in [0.3, 0.4) is 0 Å². The van der Waals surface area contributed by atoms with Crippen molar-refractivity contribution < 1.29 is 263 Å². The van der Waals surface area contributed by atoms with Gasteiger partial charge < -0.3 is 129 Å². The summed E-state index contributed by atoms with van der Waals surface area (Å²) in [6.07, 6.45) is -60.3. The monoisotopic (exact) mass is 1980 g/mol. The first-order valence-corrected chi connectivity index (χ1v) is 46.1. The Morgan fingerprint density at radius 1 is 0.315 bits per heavy atom. The van der Waals surface area contributed by atoms with Crippen LogP contribution >= 0.6 is 11.8 Å². The van der Waals surface area contributed by atoms with Crippen LogP contribution in [-0.2, 0) is 235 Å². The van der Waals surface area contributed by atoms with E-state index in [0.29, 0.717) is 53.0 Å². The molecule has 0 unspecified atom stereocenters. The number of methoxy groups -OCH3 is 7. The van der Waals surface area contributed by atoms with Gasteiger partial charge in [-0.25, -0.2) is 38.9 Å². The molecule has 5 saturated heterocycles. The molecule has 67 heteroatoms. The fraction of sp³-hybridized carbons (Fsp3) is 0.930. The Bertz CT molecular complexity index is 4080. The van der Waals surface area contributed by atoms with Crippen LogP contribution in [0.15, 0.2) is 0 Å². The van der Waals surface area contributed by atoms with E-state index in [4.69, 9.17) is 122 Å². The van der Waals surface area contributed by atoms with E-state index >= 15 is 0 Å². The second-order valence-electron chi connectivity index (χ2n) is 25.3. The third-order valence-electron chi connectivity index (χ3n) is 17.1. The van der Waals surface area contributed by atoms with Gasteiger partial charge in [0.15, 0.2) is 61.0 Å². The van der Waals surface area contributed by atoms with Crippen LogP contribution < -0.4 is 5.32 Å². The molecule has 0 aliphatic carbocycles. The van der Waals surface area contributed by atoms with Crippen LogP contribution in [0.2, 0.25) is 0 Å². The lowest BCUT2D eigenvalue weighted by atomic mass is 9.94. The summed E-state index contributed by atoms with van der Waals surface area (Å²) in [5, 5.41) is 24.4. The predicted molar refractivity (Wildman–Crippen MR) is 390 cm³/mol. The van der Waals surface area contributed by atoms with Gasteiger partial charge in [0.1, 0.15) is 104 Å². The largest absolute Gasteiger partial charge is 0.479 e. The SMILES string of the molecule is CO[C@H]1O[C@H](COS(=O)(=O)O)[C@@H](O[C@@H]2O[C@@H](C(=O)O)[C@@H](O[C@H]3O[C@H](COS(=O)(=O)O)[C@@H](O[C@@H]4O[C@H](C(=O)O)[C@@H](O[C@H]5O[C@H](COS(=O)(=O)O)[C@@H](OCCOCCOCCOCCNC(=O)COCCOCCOCCOCCSC(C)=O)[C@H](OC)[C@H]5OC)[C@H](OC)[C@H]4OC)[C@H](OS(=O)(=O)O)[C@H]3OS(=O)(=O)O)[C@H](OC)[C@H]2OC)[C@H](OS(=O)(=O)O)[C@H]1OS(=O)(=O)O. The summed E-state index contributed by atoms with van der Waals surface area (Å²) in [5.41, 5.74) is 0. The van der Waals surface area contributed by atoms with Gasteiger partial charge >= 0.3 is 84.7 Å². The molecule has 0 bridgehead atoms. The van der Waals surface area contributed by atoms with E-state index in [1.165, 1.54) is 18.7 Å². The van der Waals surface area contributed by atoms with Crippen molar-refractivity contribution >= 4 is 108 Å². The Hall–Kier alpha value is -3.44. The maximum absolute atomic E-state index is 13.5. The molecule has 124 heavy (non-hydrogen) atoms. The maximum Gasteiger partial charge on any atom is 0.397 e. The highest BCUT2D eigenvalue weighted by atomic mass is 32.3. The number of nitrogens with one attached hydrogen (secondary N) is 1. The number of aliphatic carboxylic acids is 2. The van der Waals surface area contributed by atoms with Gasteiger partial charge in [0, 0.05) is 69.0 Å². The number of carboxylic acid groups (broad SMARTS) is 2. The molecule has 0 radical (unpaired) electrons. The number of ether oxygens (including phenoxy) is 24. The van der Waals surface area contributed by atoms with Crippen molar-refractivity contribution in [2.24, 2.45) is 0 Å². The summed E-state index contributed by atoms with van der Waals surface area (Å²) in [6.45, 7) is -1.07. The highest BCUT2D eigenvalue weighted by Gasteiger charge is 2.63. The van der Waals surface area contributed by atoms with Crippen LogP contribution in [0.4, 0.5) is 0 Å². The number of thioether (sulfide) groups is 1. The summed E-state index contributed by atoms with van der Waals surface area (Å²) in [7, 11) is -35.0. The van der Waals surface area contributed by atoms with E-state index in [9.17, 15) is 120 Å². The summed E-state index contributed by atoms with van der Waals surface area (Å²) < 4.78 is 410. The first-order valence-electron chi connectivity index (χ1n) is 35.6. The van der Waals surface area contributed by atoms with Gasteiger partial charge in [0.05, 0.1) is 112 Å². The van der Waals surface area contributed by atoms with Gasteiger partial charge in [-0.1, -0.05) is 11.8 Å². The number of amides is 1. The standard InChI is InChI=1S/C57H99NO58S8/c1-29(59)117-24-23-98-18-17-95-13-14-96-19-20-99-28-33(60)58-9-10-93-11-12-94-15-16-97-21-22-100-34-30(25-101-118(65,66)67)105-54(46(89-5)37(34)86-2)109-40-38(87-3)47(90-6)56(111-44(40)51(61)62)108-36-32(27-103-120(71,72)73)106-57(50(116-124(83,84)85)43(36)114-122(77,78)79)110-41-39(88-4)48(91-7)55(112-45(41)52(63)64)107-35-31(26-102-119(68,69)70)104-53(92-8)49(115-123(80,81)82)42(35)113-121(74,75)76/h30-32,34-50,53-57H,9-28H2,1-8H3,(H,58,60)(H,61,62)(H,63,64)(H,65,66,67)(H,68,69,70)(H,71,72,73)(H,74,75,76)(H,77,78,79)(H,80,81,82)(H,83,84,85)/t30-,31-,32-,34-,35-,36-,37+,38+,39+,40+,41+,42+,43+,44+,45-,46-,47-,48-,49-,50-,53+,54-,55-,56-,57-/m1/s1. The van der Waals surface area contributed by atoms with E-state index in [-0.39, 0.29) is 77.7 Å². The van der Waals surface area contributed by atoms with Crippen molar-refractivity contribution in [3.8, 4) is 0 Å². The van der Waals surface area contributed by atoms with Gasteiger partial charge in [-0.15, -0.1) is 0 Å². The van der Waals surface area contributed by atoms with E-state index in [2.05, 4.69) is 26.2 Å². The topological polar surface area (TPSA) is 787 Å². The van der Waals surface area contributed by atoms with Gasteiger partial charge in [0.25, 0.3) is 0 Å². The van der Waals surface area contributed by atoms with E-state index in [0.717, 1.165) is 35.5 Å². The summed E-state index contributed by atoms with van der Waals surface area (Å²) in [5.74, 6) is -4.17. The maximum atomic E-state index is 13.5. The van der Waals surface area contributed by atoms with E-state index in [1.54, 1.807) is 0 Å². The number of rotatable bonds is 61. The third kappa shape index (κ3) is 38.8. The van der Waals surface area contributed by atoms with Crippen molar-refractivity contribution in [1.82, 2.24) is 5.32 Å². The molecule has 5 aliphatic rings. The molecule has 728 valence electrons. The molecule has 10 N–H and O–H groups in total. The quantitative estimate of drug-likeness (QED) is 0.0200. The number of carbonyl (C=O) groups excluding carboxylic acids is 2. The zero-order chi connectivity index (χ0) is 92.7. The fourth-order valence-corrected chi connectivity index (χ4v) is 15.7. The number of carboxylic acids is 2. The Morgan fingerprint density at radius 2 is 0.605 bits per heavy atom. The molecule has 0 spiro atoms. The van der Waals surface area contributed by atoms with Crippen molar-refractivity contribution in [2.75, 3.05) is 181 Å². The average Bonchev–Trinajstić information content (AvgIpc) is 0.753. The van der Waals surface area contributed by atoms with Gasteiger partial charge in [-0.2, -0.15) is 58.9 Å². The van der Waals surface area contributed by atoms with Gasteiger partial charge in [-0.05, 0) is 0 Å². The minimum Gasteiger partial charge on any atom is -0.479 e. The third-order valence-corrected chi connectivity index (χ3v) is 21.0. The summed E-state index contributed by atoms with van der Waals surface area (Å²) in [4.78, 5) is 50.0. The first kappa shape index (κ1) is 111. The lowest BCUT2D eigenvalue weighted by Gasteiger charge is -2.51. The molecule has 0 aromatic heterocycles. The zero-order valence-corrected chi connectivity index (χ0v) is 72.9. The second-order valence-corrected chi connectivity index (χ2v) is 34.1. The van der Waals surface area contributed by atoms with Crippen LogP contribution in [0.25, 0.3) is 0 Å². The predicted octanol–water partition coefficient (Wildman–Crippen LogP) is -7.84. The molecule has 0 saturated carbocycles. The van der Waals surface area contributed by atoms with Gasteiger partial charge in [-0.3, -0.25) is 41.5 Å². The van der Waals surface area contributed by atoms with E-state index in [1.807, 2.05) is 0 Å². The Balaban J connectivity index is 1.34. The molecule has 0 aromatic carbocycles. The zero-order valence-electron chi connectivity index (χ0n) is 66.4. The molecular weight excluding hydrogens is 1880 g/mol.